The van der Waals surface area contributed by atoms with E-state index in [9.17, 15) is 48.6 Å². The molecule has 17 nitrogen and oxygen atoms in total. The first-order chi connectivity index (χ1) is 21.2. The van der Waals surface area contributed by atoms with Crippen molar-refractivity contribution in [3.8, 4) is 0 Å². The third-order valence-corrected chi connectivity index (χ3v) is 7.76. The third-order valence-electron chi connectivity index (χ3n) is 7.03. The number of carbonyl (C=O) groups excluding carboxylic acids is 6. The molecule has 10 N–H and O–H groups in total. The zero-order chi connectivity index (χ0) is 34.3. The van der Waals surface area contributed by atoms with Gasteiger partial charge in [-0.05, 0) is 31.7 Å². The standard InChI is InChI=1S/C26H43N7O10S2/c1-3-12(2)20-26(43)30-15(9-19(36)37)23(40)29-14(8-18(34)35)22(39)28-13(6-4-5-7-27)21(38)31-16(10-44)24(41)32-17(11-45)25(42)33-20/h12-17,20,44-45H,3-11,27H2,1-2H3,(H,28,39)(H,29,40)(H,30,43)(H,31,38)(H,32,41)(H,33,42)(H,34,35)(H,36,37)/t12-,13-,14-,15-,16-,17-,20-/m0/s1. The first kappa shape index (κ1) is 39.4. The van der Waals surface area contributed by atoms with Gasteiger partial charge in [0.05, 0.1) is 12.8 Å². The molecule has 0 aromatic carbocycles. The number of unbranched alkanes of at least 4 members (excludes halogenated alkanes) is 1. The van der Waals surface area contributed by atoms with E-state index in [0.29, 0.717) is 19.3 Å². The van der Waals surface area contributed by atoms with E-state index >= 15 is 0 Å². The molecule has 1 aliphatic heterocycles. The van der Waals surface area contributed by atoms with Crippen molar-refractivity contribution in [2.75, 3.05) is 18.1 Å². The summed E-state index contributed by atoms with van der Waals surface area (Å²) in [6.07, 6.45) is -0.745. The van der Waals surface area contributed by atoms with Crippen molar-refractivity contribution >= 4 is 72.6 Å². The highest BCUT2D eigenvalue weighted by atomic mass is 32.1. The van der Waals surface area contributed by atoms with E-state index < -0.39 is 102 Å². The molecule has 1 aliphatic rings. The molecule has 0 spiro atoms. The van der Waals surface area contributed by atoms with Gasteiger partial charge in [0.1, 0.15) is 36.3 Å². The van der Waals surface area contributed by atoms with Crippen molar-refractivity contribution in [1.82, 2.24) is 31.9 Å². The number of thiol groups is 2. The number of nitrogens with one attached hydrogen (secondary N) is 6. The Morgan fingerprint density at radius 1 is 0.667 bits per heavy atom. The normalized spacial score (nSPS) is 26.5. The van der Waals surface area contributed by atoms with Crippen LogP contribution in [0.2, 0.25) is 0 Å². The maximum absolute atomic E-state index is 13.3. The second kappa shape index (κ2) is 19.7. The van der Waals surface area contributed by atoms with Gasteiger partial charge in [-0.1, -0.05) is 20.3 Å². The molecule has 1 saturated heterocycles. The lowest BCUT2D eigenvalue weighted by atomic mass is 9.97. The molecule has 6 amide bonds. The number of rotatable bonds is 12. The van der Waals surface area contributed by atoms with Crippen LogP contribution in [0.5, 0.6) is 0 Å². The van der Waals surface area contributed by atoms with E-state index in [4.69, 9.17) is 5.73 Å². The van der Waals surface area contributed by atoms with Crippen LogP contribution in [0.3, 0.4) is 0 Å². The molecule has 0 radical (unpaired) electrons. The van der Waals surface area contributed by atoms with Gasteiger partial charge < -0.3 is 47.8 Å². The Labute approximate surface area is 271 Å². The molecule has 0 aromatic heterocycles. The summed E-state index contributed by atoms with van der Waals surface area (Å²) in [5.41, 5.74) is 5.54. The second-order valence-electron chi connectivity index (χ2n) is 10.5. The highest BCUT2D eigenvalue weighted by molar-refractivity contribution is 7.80. The van der Waals surface area contributed by atoms with Crippen molar-refractivity contribution in [1.29, 1.82) is 0 Å². The van der Waals surface area contributed by atoms with Gasteiger partial charge in [0.25, 0.3) is 0 Å². The maximum Gasteiger partial charge on any atom is 0.305 e. The van der Waals surface area contributed by atoms with Gasteiger partial charge in [-0.3, -0.25) is 38.4 Å². The summed E-state index contributed by atoms with van der Waals surface area (Å²) < 4.78 is 0. The zero-order valence-corrected chi connectivity index (χ0v) is 26.8. The summed E-state index contributed by atoms with van der Waals surface area (Å²) in [6.45, 7) is 3.59. The predicted octanol–water partition coefficient (Wildman–Crippen LogP) is -3.11. The quantitative estimate of drug-likeness (QED) is 0.0727. The number of aliphatic carboxylic acids is 2. The second-order valence-corrected chi connectivity index (χ2v) is 11.3. The van der Waals surface area contributed by atoms with Crippen molar-refractivity contribution in [2.45, 2.75) is 88.6 Å². The Morgan fingerprint density at radius 3 is 1.47 bits per heavy atom. The van der Waals surface area contributed by atoms with E-state index in [-0.39, 0.29) is 24.5 Å². The summed E-state index contributed by atoms with van der Waals surface area (Å²) in [5.74, 6) is -9.70. The highest BCUT2D eigenvalue weighted by Crippen LogP contribution is 2.11. The molecule has 0 saturated carbocycles. The van der Waals surface area contributed by atoms with Crippen molar-refractivity contribution < 1.29 is 48.6 Å². The van der Waals surface area contributed by atoms with Gasteiger partial charge in [-0.25, -0.2) is 0 Å². The molecule has 0 unspecified atom stereocenters. The zero-order valence-electron chi connectivity index (χ0n) is 25.0. The molecular weight excluding hydrogens is 634 g/mol. The fourth-order valence-corrected chi connectivity index (χ4v) is 4.74. The van der Waals surface area contributed by atoms with E-state index in [2.05, 4.69) is 57.2 Å². The summed E-state index contributed by atoms with van der Waals surface area (Å²) in [4.78, 5) is 102. The average Bonchev–Trinajstić information content (AvgIpc) is 2.98. The number of hydrogen-bond acceptors (Lipinski definition) is 11. The van der Waals surface area contributed by atoms with Gasteiger partial charge in [0.2, 0.25) is 35.4 Å². The topological polar surface area (TPSA) is 275 Å². The van der Waals surface area contributed by atoms with Crippen LogP contribution in [0.25, 0.3) is 0 Å². The van der Waals surface area contributed by atoms with Crippen LogP contribution in [0.1, 0.15) is 52.4 Å². The van der Waals surface area contributed by atoms with Gasteiger partial charge in [-0.15, -0.1) is 0 Å². The van der Waals surface area contributed by atoms with Crippen molar-refractivity contribution in [3.05, 3.63) is 0 Å². The van der Waals surface area contributed by atoms with Crippen molar-refractivity contribution in [2.24, 2.45) is 11.7 Å². The Bertz CT molecular complexity index is 1110. The lowest BCUT2D eigenvalue weighted by molar-refractivity contribution is -0.144. The van der Waals surface area contributed by atoms with Crippen LogP contribution < -0.4 is 37.6 Å². The van der Waals surface area contributed by atoms with Gasteiger partial charge >= 0.3 is 11.9 Å². The molecule has 0 aromatic rings. The minimum atomic E-state index is -1.79. The van der Waals surface area contributed by atoms with E-state index in [0.717, 1.165) is 0 Å². The van der Waals surface area contributed by atoms with E-state index in [1.807, 2.05) is 0 Å². The molecule has 0 aliphatic carbocycles. The number of nitrogens with two attached hydrogens (primary N) is 1. The smallest absolute Gasteiger partial charge is 0.305 e. The summed E-state index contributed by atoms with van der Waals surface area (Å²) in [7, 11) is 0. The summed E-state index contributed by atoms with van der Waals surface area (Å²) in [5, 5.41) is 33.0. The Kier molecular flexibility index (Phi) is 17.3. The van der Waals surface area contributed by atoms with Gasteiger partial charge in [0.15, 0.2) is 0 Å². The fraction of sp³-hybridized carbons (Fsp3) is 0.692. The molecule has 19 heteroatoms. The monoisotopic (exact) mass is 677 g/mol. The number of hydrogen-bond donors (Lipinski definition) is 11. The number of carboxylic acids is 2. The highest BCUT2D eigenvalue weighted by Gasteiger charge is 2.36. The summed E-state index contributed by atoms with van der Waals surface area (Å²) >= 11 is 8.24. The minimum Gasteiger partial charge on any atom is -0.481 e. The van der Waals surface area contributed by atoms with Crippen molar-refractivity contribution in [3.63, 3.8) is 0 Å². The molecule has 45 heavy (non-hydrogen) atoms. The van der Waals surface area contributed by atoms with Crippen LogP contribution in [-0.2, 0) is 38.4 Å². The Hall–Kier alpha value is -3.58. The van der Waals surface area contributed by atoms with Gasteiger partial charge in [0, 0.05) is 11.5 Å². The average molecular weight is 678 g/mol. The first-order valence-corrected chi connectivity index (χ1v) is 15.6. The Morgan fingerprint density at radius 2 is 1.04 bits per heavy atom. The van der Waals surface area contributed by atoms with Crippen LogP contribution in [0.4, 0.5) is 0 Å². The molecule has 1 rings (SSSR count). The molecular formula is C26H43N7O10S2. The lowest BCUT2D eigenvalue weighted by Crippen LogP contribution is -2.63. The maximum atomic E-state index is 13.3. The van der Waals surface area contributed by atoms with Gasteiger partial charge in [-0.2, -0.15) is 25.3 Å². The van der Waals surface area contributed by atoms with Crippen LogP contribution in [0, 0.1) is 5.92 Å². The lowest BCUT2D eigenvalue weighted by Gasteiger charge is -2.29. The largest absolute Gasteiger partial charge is 0.481 e. The molecule has 7 atom stereocenters. The van der Waals surface area contributed by atoms with E-state index in [1.165, 1.54) is 0 Å². The Balaban J connectivity index is 3.65. The molecule has 0 bridgehead atoms. The summed E-state index contributed by atoms with van der Waals surface area (Å²) in [6, 6.07) is -8.78. The first-order valence-electron chi connectivity index (χ1n) is 14.4. The number of amides is 6. The number of carboxylic acid groups (broad SMARTS) is 2. The molecule has 1 fully saturated rings. The van der Waals surface area contributed by atoms with Crippen LogP contribution >= 0.6 is 25.3 Å². The van der Waals surface area contributed by atoms with Crippen LogP contribution in [0.15, 0.2) is 0 Å². The van der Waals surface area contributed by atoms with E-state index in [1.54, 1.807) is 13.8 Å². The number of carbonyl (C=O) groups is 8. The minimum absolute atomic E-state index is 0.0137. The third kappa shape index (κ3) is 13.1. The molecule has 254 valence electrons. The SMILES string of the molecule is CC[C@H](C)[C@@H]1NC(=O)[C@H](CS)NC(=O)[C@H](CS)NC(=O)[C@H](CCCCN)NC(=O)[C@H](CC(=O)O)NC(=O)[C@H](CC(=O)O)NC1=O. The van der Waals surface area contributed by atoms with Crippen LogP contribution in [-0.4, -0.2) is 112 Å². The predicted molar refractivity (Wildman–Crippen MR) is 166 cm³/mol. The fourth-order valence-electron chi connectivity index (χ4n) is 4.22. The molecule has 1 heterocycles.